The molecule has 1 aliphatic rings. The Labute approximate surface area is 107 Å². The van der Waals surface area contributed by atoms with Gasteiger partial charge >= 0.3 is 0 Å². The predicted octanol–water partition coefficient (Wildman–Crippen LogP) is 0.945. The molecular weight excluding hydrogens is 232 g/mol. The number of carbonyl (C=O) groups excluding carboxylic acids is 1. The fourth-order valence-corrected chi connectivity index (χ4v) is 2.16. The number of rotatable bonds is 5. The van der Waals surface area contributed by atoms with E-state index in [1.165, 1.54) is 6.42 Å². The Morgan fingerprint density at radius 1 is 1.67 bits per heavy atom. The van der Waals surface area contributed by atoms with Crippen LogP contribution in [0.5, 0.6) is 0 Å². The van der Waals surface area contributed by atoms with E-state index < -0.39 is 0 Å². The maximum atomic E-state index is 11.8. The summed E-state index contributed by atoms with van der Waals surface area (Å²) in [4.78, 5) is 15.9. The zero-order valence-electron chi connectivity index (χ0n) is 10.9. The Morgan fingerprint density at radius 3 is 3.11 bits per heavy atom. The first-order valence-corrected chi connectivity index (χ1v) is 6.45. The van der Waals surface area contributed by atoms with E-state index in [1.807, 2.05) is 6.92 Å². The van der Waals surface area contributed by atoms with Crippen LogP contribution in [0.1, 0.15) is 43.9 Å². The minimum atomic E-state index is -0.222. The van der Waals surface area contributed by atoms with Gasteiger partial charge in [0.15, 0.2) is 5.82 Å². The Bertz CT molecular complexity index is 399. The lowest BCUT2D eigenvalue weighted by atomic mass is 10.0. The van der Waals surface area contributed by atoms with Crippen LogP contribution in [0.15, 0.2) is 4.52 Å². The first kappa shape index (κ1) is 13.0. The van der Waals surface area contributed by atoms with Gasteiger partial charge in [-0.25, -0.2) is 0 Å². The van der Waals surface area contributed by atoms with Crippen molar-refractivity contribution < 1.29 is 9.32 Å². The van der Waals surface area contributed by atoms with Gasteiger partial charge in [-0.2, -0.15) is 4.98 Å². The van der Waals surface area contributed by atoms with Crippen LogP contribution in [-0.4, -0.2) is 29.1 Å². The van der Waals surface area contributed by atoms with Gasteiger partial charge in [-0.05, 0) is 45.7 Å². The van der Waals surface area contributed by atoms with Crippen LogP contribution in [0.4, 0.5) is 0 Å². The van der Waals surface area contributed by atoms with Gasteiger partial charge in [0.1, 0.15) is 6.04 Å². The molecule has 0 spiro atoms. The Kier molecular flexibility index (Phi) is 4.30. The van der Waals surface area contributed by atoms with Crippen molar-refractivity contribution in [3.05, 3.63) is 11.7 Å². The molecule has 6 heteroatoms. The SMILES string of the molecule is Cc1noc(C(C)NC(=O)CCC2CCNC2)n1. The molecule has 2 heterocycles. The van der Waals surface area contributed by atoms with Gasteiger partial charge in [-0.3, -0.25) is 4.79 Å². The van der Waals surface area contributed by atoms with Crippen molar-refractivity contribution in [1.29, 1.82) is 0 Å². The molecule has 0 bridgehead atoms. The summed E-state index contributed by atoms with van der Waals surface area (Å²) in [5, 5.41) is 9.89. The topological polar surface area (TPSA) is 80.0 Å². The molecule has 6 nitrogen and oxygen atoms in total. The third kappa shape index (κ3) is 3.53. The Balaban J connectivity index is 1.73. The first-order valence-electron chi connectivity index (χ1n) is 6.45. The van der Waals surface area contributed by atoms with E-state index in [2.05, 4.69) is 20.8 Å². The molecule has 2 N–H and O–H groups in total. The number of carbonyl (C=O) groups is 1. The highest BCUT2D eigenvalue weighted by molar-refractivity contribution is 5.76. The first-order chi connectivity index (χ1) is 8.65. The van der Waals surface area contributed by atoms with Gasteiger partial charge < -0.3 is 15.2 Å². The van der Waals surface area contributed by atoms with Gasteiger partial charge in [-0.15, -0.1) is 0 Å². The van der Waals surface area contributed by atoms with Crippen LogP contribution in [0.2, 0.25) is 0 Å². The van der Waals surface area contributed by atoms with E-state index >= 15 is 0 Å². The van der Waals surface area contributed by atoms with Crippen molar-refractivity contribution in [1.82, 2.24) is 20.8 Å². The van der Waals surface area contributed by atoms with Gasteiger partial charge in [0.05, 0.1) is 0 Å². The summed E-state index contributed by atoms with van der Waals surface area (Å²) in [6, 6.07) is -0.222. The molecule has 1 aliphatic heterocycles. The number of aryl methyl sites for hydroxylation is 1. The van der Waals surface area contributed by atoms with E-state index in [1.54, 1.807) is 6.92 Å². The van der Waals surface area contributed by atoms with Gasteiger partial charge in [0.2, 0.25) is 11.8 Å². The number of hydrogen-bond donors (Lipinski definition) is 2. The molecule has 1 aromatic rings. The number of nitrogens with one attached hydrogen (secondary N) is 2. The molecule has 18 heavy (non-hydrogen) atoms. The molecule has 100 valence electrons. The second kappa shape index (κ2) is 5.95. The summed E-state index contributed by atoms with van der Waals surface area (Å²) in [6.45, 7) is 5.71. The van der Waals surface area contributed by atoms with Crippen LogP contribution >= 0.6 is 0 Å². The van der Waals surface area contributed by atoms with Crippen molar-refractivity contribution in [3.63, 3.8) is 0 Å². The molecule has 1 aromatic heterocycles. The molecule has 2 rings (SSSR count). The summed E-state index contributed by atoms with van der Waals surface area (Å²) < 4.78 is 5.02. The fraction of sp³-hybridized carbons (Fsp3) is 0.750. The van der Waals surface area contributed by atoms with E-state index in [4.69, 9.17) is 4.52 Å². The number of nitrogens with zero attached hydrogens (tertiary/aromatic N) is 2. The maximum absolute atomic E-state index is 11.8. The highest BCUT2D eigenvalue weighted by atomic mass is 16.5. The van der Waals surface area contributed by atoms with Crippen LogP contribution in [-0.2, 0) is 4.79 Å². The Morgan fingerprint density at radius 2 is 2.50 bits per heavy atom. The zero-order valence-corrected chi connectivity index (χ0v) is 10.9. The highest BCUT2D eigenvalue weighted by Crippen LogP contribution is 2.15. The number of amides is 1. The van der Waals surface area contributed by atoms with Crippen molar-refractivity contribution in [2.45, 2.75) is 39.2 Å². The van der Waals surface area contributed by atoms with Crippen LogP contribution in [0.3, 0.4) is 0 Å². The summed E-state index contributed by atoms with van der Waals surface area (Å²) in [6.07, 6.45) is 2.67. The second-order valence-corrected chi connectivity index (χ2v) is 4.87. The molecule has 2 unspecified atom stereocenters. The second-order valence-electron chi connectivity index (χ2n) is 4.87. The number of aromatic nitrogens is 2. The molecule has 2 atom stereocenters. The van der Waals surface area contributed by atoms with Crippen molar-refractivity contribution in [2.24, 2.45) is 5.92 Å². The molecule has 0 aliphatic carbocycles. The minimum absolute atomic E-state index is 0.0465. The minimum Gasteiger partial charge on any atom is -0.345 e. The monoisotopic (exact) mass is 252 g/mol. The van der Waals surface area contributed by atoms with Crippen molar-refractivity contribution in [3.8, 4) is 0 Å². The standard InChI is InChI=1S/C12H20N4O2/c1-8(12-15-9(2)16-18-12)14-11(17)4-3-10-5-6-13-7-10/h8,10,13H,3-7H2,1-2H3,(H,14,17). The predicted molar refractivity (Wildman–Crippen MR) is 65.8 cm³/mol. The molecule has 1 fully saturated rings. The van der Waals surface area contributed by atoms with Crippen LogP contribution < -0.4 is 10.6 Å². The molecular formula is C12H20N4O2. The van der Waals surface area contributed by atoms with Crippen LogP contribution in [0.25, 0.3) is 0 Å². The molecule has 0 aromatic carbocycles. The van der Waals surface area contributed by atoms with Crippen molar-refractivity contribution in [2.75, 3.05) is 13.1 Å². The van der Waals surface area contributed by atoms with Crippen molar-refractivity contribution >= 4 is 5.91 Å². The third-order valence-electron chi connectivity index (χ3n) is 3.23. The average Bonchev–Trinajstić information content (AvgIpc) is 2.97. The maximum Gasteiger partial charge on any atom is 0.248 e. The number of hydrogen-bond acceptors (Lipinski definition) is 5. The summed E-state index contributed by atoms with van der Waals surface area (Å²) in [7, 11) is 0. The lowest BCUT2D eigenvalue weighted by Gasteiger charge is -2.11. The quantitative estimate of drug-likeness (QED) is 0.815. The zero-order chi connectivity index (χ0) is 13.0. The summed E-state index contributed by atoms with van der Waals surface area (Å²) in [5.41, 5.74) is 0. The lowest BCUT2D eigenvalue weighted by Crippen LogP contribution is -2.27. The fourth-order valence-electron chi connectivity index (χ4n) is 2.16. The molecule has 1 amide bonds. The summed E-state index contributed by atoms with van der Waals surface area (Å²) in [5.74, 6) is 1.73. The van der Waals surface area contributed by atoms with Gasteiger partial charge in [0, 0.05) is 6.42 Å². The van der Waals surface area contributed by atoms with Gasteiger partial charge in [-0.1, -0.05) is 5.16 Å². The largest absolute Gasteiger partial charge is 0.345 e. The smallest absolute Gasteiger partial charge is 0.248 e. The normalized spacial score (nSPS) is 20.9. The van der Waals surface area contributed by atoms with Gasteiger partial charge in [0.25, 0.3) is 0 Å². The molecule has 0 radical (unpaired) electrons. The van der Waals surface area contributed by atoms with Crippen LogP contribution in [0, 0.1) is 12.8 Å². The van der Waals surface area contributed by atoms with E-state index in [9.17, 15) is 4.79 Å². The molecule has 0 saturated carbocycles. The van der Waals surface area contributed by atoms with E-state index in [0.717, 1.165) is 19.5 Å². The lowest BCUT2D eigenvalue weighted by molar-refractivity contribution is -0.122. The molecule has 1 saturated heterocycles. The summed E-state index contributed by atoms with van der Waals surface area (Å²) >= 11 is 0. The average molecular weight is 252 g/mol. The van der Waals surface area contributed by atoms with E-state index in [-0.39, 0.29) is 11.9 Å². The third-order valence-corrected chi connectivity index (χ3v) is 3.23. The Hall–Kier alpha value is -1.43. The van der Waals surface area contributed by atoms with E-state index in [0.29, 0.717) is 24.1 Å². The highest BCUT2D eigenvalue weighted by Gasteiger charge is 2.18.